The second kappa shape index (κ2) is 6.33. The SMILES string of the molecule is CCC(Nc1ccc([N+](=O)[O-])c(I)c1)c1cccs1. The summed E-state index contributed by atoms with van der Waals surface area (Å²) in [6.45, 7) is 2.12. The molecule has 1 atom stereocenters. The summed E-state index contributed by atoms with van der Waals surface area (Å²) in [5.41, 5.74) is 1.06. The van der Waals surface area contributed by atoms with Crippen LogP contribution in [0.3, 0.4) is 0 Å². The van der Waals surface area contributed by atoms with Crippen LogP contribution >= 0.6 is 33.9 Å². The van der Waals surface area contributed by atoms with Gasteiger partial charge in [0.25, 0.3) is 5.69 Å². The molecule has 0 aliphatic carbocycles. The van der Waals surface area contributed by atoms with Gasteiger partial charge >= 0.3 is 0 Å². The van der Waals surface area contributed by atoms with E-state index in [1.165, 1.54) is 4.88 Å². The largest absolute Gasteiger partial charge is 0.377 e. The van der Waals surface area contributed by atoms with Gasteiger partial charge in [0.05, 0.1) is 14.5 Å². The smallest absolute Gasteiger partial charge is 0.282 e. The van der Waals surface area contributed by atoms with E-state index in [1.54, 1.807) is 23.5 Å². The molecule has 0 spiro atoms. The van der Waals surface area contributed by atoms with E-state index in [9.17, 15) is 10.1 Å². The molecule has 0 fully saturated rings. The average molecular weight is 388 g/mol. The second-order valence-corrected chi connectivity index (χ2v) is 6.19. The van der Waals surface area contributed by atoms with Crippen molar-refractivity contribution in [3.05, 3.63) is 54.3 Å². The third-order valence-electron chi connectivity index (χ3n) is 2.78. The Morgan fingerprint density at radius 2 is 2.26 bits per heavy atom. The summed E-state index contributed by atoms with van der Waals surface area (Å²) in [6.07, 6.45) is 0.966. The van der Waals surface area contributed by atoms with Crippen molar-refractivity contribution in [2.45, 2.75) is 19.4 Å². The lowest BCUT2D eigenvalue weighted by atomic mass is 10.1. The zero-order valence-electron chi connectivity index (χ0n) is 10.3. The van der Waals surface area contributed by atoms with Crippen LogP contribution in [0.4, 0.5) is 11.4 Å². The molecule has 0 radical (unpaired) electrons. The number of nitro benzene ring substituents is 1. The zero-order valence-corrected chi connectivity index (χ0v) is 13.3. The third kappa shape index (κ3) is 3.44. The highest BCUT2D eigenvalue weighted by Gasteiger charge is 2.14. The van der Waals surface area contributed by atoms with Gasteiger partial charge in [-0.25, -0.2) is 0 Å². The molecular weight excluding hydrogens is 375 g/mol. The molecule has 0 amide bonds. The lowest BCUT2D eigenvalue weighted by molar-refractivity contribution is -0.385. The van der Waals surface area contributed by atoms with Crippen LogP contribution in [0, 0.1) is 13.7 Å². The number of nitro groups is 1. The molecular formula is C13H13IN2O2S. The summed E-state index contributed by atoms with van der Waals surface area (Å²) < 4.78 is 0.647. The molecule has 1 unspecified atom stereocenters. The third-order valence-corrected chi connectivity index (χ3v) is 4.63. The fraction of sp³-hybridized carbons (Fsp3) is 0.231. The van der Waals surface area contributed by atoms with Crippen molar-refractivity contribution < 1.29 is 4.92 Å². The van der Waals surface area contributed by atoms with Gasteiger partial charge in [-0.2, -0.15) is 0 Å². The minimum atomic E-state index is -0.359. The van der Waals surface area contributed by atoms with Crippen molar-refractivity contribution in [1.29, 1.82) is 0 Å². The Labute approximate surface area is 129 Å². The maximum Gasteiger partial charge on any atom is 0.282 e. The number of nitrogens with one attached hydrogen (secondary N) is 1. The highest BCUT2D eigenvalue weighted by atomic mass is 127. The van der Waals surface area contributed by atoms with E-state index in [4.69, 9.17) is 0 Å². The number of hydrogen-bond acceptors (Lipinski definition) is 4. The van der Waals surface area contributed by atoms with Gasteiger partial charge in [0, 0.05) is 16.6 Å². The summed E-state index contributed by atoms with van der Waals surface area (Å²) in [5.74, 6) is 0. The Morgan fingerprint density at radius 3 is 2.79 bits per heavy atom. The molecule has 0 bridgehead atoms. The second-order valence-electron chi connectivity index (χ2n) is 4.04. The molecule has 6 heteroatoms. The van der Waals surface area contributed by atoms with Crippen LogP contribution < -0.4 is 5.32 Å². The van der Waals surface area contributed by atoms with Gasteiger partial charge in [-0.3, -0.25) is 10.1 Å². The summed E-state index contributed by atoms with van der Waals surface area (Å²) in [4.78, 5) is 11.7. The van der Waals surface area contributed by atoms with E-state index < -0.39 is 0 Å². The normalized spacial score (nSPS) is 12.1. The molecule has 0 aliphatic heterocycles. The van der Waals surface area contributed by atoms with Crippen molar-refractivity contribution in [1.82, 2.24) is 0 Å². The average Bonchev–Trinajstić information content (AvgIpc) is 2.89. The molecule has 0 saturated carbocycles. The first-order valence-electron chi connectivity index (χ1n) is 5.85. The summed E-state index contributed by atoms with van der Waals surface area (Å²) >= 11 is 3.71. The lowest BCUT2D eigenvalue weighted by Crippen LogP contribution is -2.08. The maximum absolute atomic E-state index is 10.8. The van der Waals surface area contributed by atoms with E-state index in [-0.39, 0.29) is 16.7 Å². The molecule has 100 valence electrons. The molecule has 1 N–H and O–H groups in total. The number of thiophene rings is 1. The Hall–Kier alpha value is -1.15. The Bertz CT molecular complexity index is 572. The first-order chi connectivity index (χ1) is 9.11. The molecule has 1 aromatic carbocycles. The lowest BCUT2D eigenvalue weighted by Gasteiger charge is -2.17. The number of halogens is 1. The quantitative estimate of drug-likeness (QED) is 0.454. The summed E-state index contributed by atoms with van der Waals surface area (Å²) in [5, 5.41) is 16.3. The van der Waals surface area contributed by atoms with E-state index in [0.29, 0.717) is 3.57 Å². The molecule has 0 aliphatic rings. The standard InChI is InChI=1S/C13H13IN2O2S/c1-2-11(13-4-3-7-19-13)15-9-5-6-12(16(17)18)10(14)8-9/h3-8,11,15H,2H2,1H3. The predicted molar refractivity (Wildman–Crippen MR) is 86.8 cm³/mol. The minimum absolute atomic E-state index is 0.148. The number of anilines is 1. The van der Waals surface area contributed by atoms with Crippen molar-refractivity contribution >= 4 is 45.3 Å². The van der Waals surface area contributed by atoms with Crippen LogP contribution in [-0.2, 0) is 0 Å². The molecule has 2 rings (SSSR count). The number of nitrogens with zero attached hydrogens (tertiary/aromatic N) is 1. The highest BCUT2D eigenvalue weighted by molar-refractivity contribution is 14.1. The van der Waals surface area contributed by atoms with Crippen molar-refractivity contribution in [3.8, 4) is 0 Å². The number of rotatable bonds is 5. The van der Waals surface area contributed by atoms with Crippen LogP contribution in [-0.4, -0.2) is 4.92 Å². The van der Waals surface area contributed by atoms with Crippen LogP contribution in [0.25, 0.3) is 0 Å². The van der Waals surface area contributed by atoms with Crippen LogP contribution in [0.2, 0.25) is 0 Å². The number of benzene rings is 1. The van der Waals surface area contributed by atoms with Crippen molar-refractivity contribution in [3.63, 3.8) is 0 Å². The Kier molecular flexibility index (Phi) is 4.76. The fourth-order valence-corrected chi connectivity index (χ4v) is 3.38. The van der Waals surface area contributed by atoms with Gasteiger partial charge in [0.1, 0.15) is 0 Å². The fourth-order valence-electron chi connectivity index (χ4n) is 1.81. The van der Waals surface area contributed by atoms with Crippen LogP contribution in [0.15, 0.2) is 35.7 Å². The van der Waals surface area contributed by atoms with E-state index in [2.05, 4.69) is 23.7 Å². The van der Waals surface area contributed by atoms with Gasteiger partial charge in [-0.1, -0.05) is 13.0 Å². The van der Waals surface area contributed by atoms with Gasteiger partial charge in [-0.15, -0.1) is 11.3 Å². The summed E-state index contributed by atoms with van der Waals surface area (Å²) in [7, 11) is 0. The predicted octanol–water partition coefficient (Wildman–Crippen LogP) is 4.82. The Balaban J connectivity index is 2.19. The van der Waals surface area contributed by atoms with E-state index in [0.717, 1.165) is 12.1 Å². The first kappa shape index (κ1) is 14.3. The van der Waals surface area contributed by atoms with Gasteiger partial charge in [0.15, 0.2) is 0 Å². The molecule has 4 nitrogen and oxygen atoms in total. The molecule has 1 heterocycles. The zero-order chi connectivity index (χ0) is 13.8. The van der Waals surface area contributed by atoms with Crippen molar-refractivity contribution in [2.75, 3.05) is 5.32 Å². The van der Waals surface area contributed by atoms with Crippen molar-refractivity contribution in [2.24, 2.45) is 0 Å². The Morgan fingerprint density at radius 1 is 1.47 bits per heavy atom. The molecule has 0 saturated heterocycles. The van der Waals surface area contributed by atoms with E-state index >= 15 is 0 Å². The number of hydrogen-bond donors (Lipinski definition) is 1. The van der Waals surface area contributed by atoms with Gasteiger partial charge in [0.2, 0.25) is 0 Å². The molecule has 2 aromatic rings. The molecule has 1 aromatic heterocycles. The first-order valence-corrected chi connectivity index (χ1v) is 7.81. The summed E-state index contributed by atoms with van der Waals surface area (Å²) in [6, 6.07) is 9.50. The topological polar surface area (TPSA) is 55.2 Å². The maximum atomic E-state index is 10.8. The highest BCUT2D eigenvalue weighted by Crippen LogP contribution is 2.29. The molecule has 19 heavy (non-hydrogen) atoms. The van der Waals surface area contributed by atoms with E-state index in [1.807, 2.05) is 34.7 Å². The minimum Gasteiger partial charge on any atom is -0.377 e. The van der Waals surface area contributed by atoms with Crippen LogP contribution in [0.1, 0.15) is 24.3 Å². The monoisotopic (exact) mass is 388 g/mol. The van der Waals surface area contributed by atoms with Gasteiger partial charge in [-0.05, 0) is 52.6 Å². The van der Waals surface area contributed by atoms with Crippen LogP contribution in [0.5, 0.6) is 0 Å². The van der Waals surface area contributed by atoms with Gasteiger partial charge < -0.3 is 5.32 Å².